The van der Waals surface area contributed by atoms with Crippen LogP contribution in [0, 0.1) is 0 Å². The monoisotopic (exact) mass is 957 g/mol. The van der Waals surface area contributed by atoms with Gasteiger partial charge in [0.05, 0.1) is 0 Å². The molecule has 0 aromatic rings. The Labute approximate surface area is 423 Å². The van der Waals surface area contributed by atoms with Crippen molar-refractivity contribution in [3.05, 3.63) is 24.3 Å². The van der Waals surface area contributed by atoms with Crippen LogP contribution in [0.2, 0.25) is 0 Å². The average molecular weight is 958 g/mol. The van der Waals surface area contributed by atoms with Crippen LogP contribution in [0.4, 0.5) is 0 Å². The molecule has 6 heteroatoms. The van der Waals surface area contributed by atoms with Crippen LogP contribution < -0.4 is 0 Å². The van der Waals surface area contributed by atoms with E-state index in [0.717, 1.165) is 77.0 Å². The molecular weight excluding hydrogens is 841 g/mol. The minimum atomic E-state index is -0.772. The highest BCUT2D eigenvalue weighted by molar-refractivity contribution is 5.71. The summed E-state index contributed by atoms with van der Waals surface area (Å²) in [6.45, 7) is 6.66. The van der Waals surface area contributed by atoms with Crippen LogP contribution in [-0.2, 0) is 28.6 Å². The van der Waals surface area contributed by atoms with Gasteiger partial charge in [-0.1, -0.05) is 289 Å². The Bertz CT molecular complexity index is 1100. The zero-order valence-corrected chi connectivity index (χ0v) is 45.9. The Balaban J connectivity index is 4.32. The zero-order chi connectivity index (χ0) is 49.3. The van der Waals surface area contributed by atoms with Crippen LogP contribution in [0.15, 0.2) is 24.3 Å². The molecule has 0 fully saturated rings. The van der Waals surface area contributed by atoms with Gasteiger partial charge in [-0.15, -0.1) is 0 Å². The van der Waals surface area contributed by atoms with E-state index >= 15 is 0 Å². The Hall–Kier alpha value is -2.11. The molecule has 400 valence electrons. The van der Waals surface area contributed by atoms with E-state index < -0.39 is 6.10 Å². The first-order valence-electron chi connectivity index (χ1n) is 30.3. The van der Waals surface area contributed by atoms with E-state index in [4.69, 9.17) is 14.2 Å². The van der Waals surface area contributed by atoms with Gasteiger partial charge in [-0.3, -0.25) is 14.4 Å². The molecule has 0 aliphatic carbocycles. The van der Waals surface area contributed by atoms with E-state index in [9.17, 15) is 14.4 Å². The molecular formula is C62H116O6. The van der Waals surface area contributed by atoms with Crippen LogP contribution in [-0.4, -0.2) is 37.2 Å². The summed E-state index contributed by atoms with van der Waals surface area (Å²) in [6.07, 6.45) is 67.4. The lowest BCUT2D eigenvalue weighted by Gasteiger charge is -2.18. The summed E-state index contributed by atoms with van der Waals surface area (Å²) < 4.78 is 16.9. The van der Waals surface area contributed by atoms with Crippen molar-refractivity contribution in [3.8, 4) is 0 Å². The van der Waals surface area contributed by atoms with Gasteiger partial charge in [-0.25, -0.2) is 0 Å². The fourth-order valence-corrected chi connectivity index (χ4v) is 9.12. The van der Waals surface area contributed by atoms with E-state index in [1.807, 2.05) is 0 Å². The van der Waals surface area contributed by atoms with Crippen molar-refractivity contribution in [2.75, 3.05) is 13.2 Å². The lowest BCUT2D eigenvalue weighted by atomic mass is 10.0. The van der Waals surface area contributed by atoms with E-state index in [-0.39, 0.29) is 31.1 Å². The summed E-state index contributed by atoms with van der Waals surface area (Å²) in [5.74, 6) is -0.859. The Morgan fingerprint density at radius 1 is 0.294 bits per heavy atom. The summed E-state index contributed by atoms with van der Waals surface area (Å²) in [5, 5.41) is 0. The molecule has 0 amide bonds. The van der Waals surface area contributed by atoms with Gasteiger partial charge in [0.2, 0.25) is 0 Å². The summed E-state index contributed by atoms with van der Waals surface area (Å²) >= 11 is 0. The molecule has 0 N–H and O–H groups in total. The third-order valence-electron chi connectivity index (χ3n) is 13.7. The van der Waals surface area contributed by atoms with Crippen molar-refractivity contribution in [1.82, 2.24) is 0 Å². The lowest BCUT2D eigenvalue weighted by molar-refractivity contribution is -0.167. The summed E-state index contributed by atoms with van der Waals surface area (Å²) in [4.78, 5) is 38.2. The summed E-state index contributed by atoms with van der Waals surface area (Å²) in [7, 11) is 0. The molecule has 0 saturated heterocycles. The first-order valence-corrected chi connectivity index (χ1v) is 30.3. The summed E-state index contributed by atoms with van der Waals surface area (Å²) in [6, 6.07) is 0. The first kappa shape index (κ1) is 65.9. The van der Waals surface area contributed by atoms with Crippen molar-refractivity contribution in [2.45, 2.75) is 341 Å². The molecule has 0 saturated carbocycles. The van der Waals surface area contributed by atoms with Crippen LogP contribution in [0.5, 0.6) is 0 Å². The van der Waals surface area contributed by atoms with Gasteiger partial charge in [0.25, 0.3) is 0 Å². The van der Waals surface area contributed by atoms with Crippen molar-refractivity contribution in [3.63, 3.8) is 0 Å². The Kier molecular flexibility index (Phi) is 55.7. The van der Waals surface area contributed by atoms with Crippen LogP contribution >= 0.6 is 0 Å². The number of rotatable bonds is 56. The number of carbonyl (C=O) groups is 3. The van der Waals surface area contributed by atoms with Gasteiger partial charge in [0.1, 0.15) is 13.2 Å². The van der Waals surface area contributed by atoms with Gasteiger partial charge < -0.3 is 14.2 Å². The van der Waals surface area contributed by atoms with Gasteiger partial charge in [-0.05, 0) is 51.4 Å². The van der Waals surface area contributed by atoms with Crippen molar-refractivity contribution in [2.24, 2.45) is 0 Å². The predicted molar refractivity (Wildman–Crippen MR) is 293 cm³/mol. The Morgan fingerprint density at radius 3 is 0.838 bits per heavy atom. The molecule has 0 heterocycles. The molecule has 0 aliphatic rings. The fourth-order valence-electron chi connectivity index (χ4n) is 9.12. The first-order chi connectivity index (χ1) is 33.5. The highest BCUT2D eigenvalue weighted by Crippen LogP contribution is 2.17. The van der Waals surface area contributed by atoms with Crippen LogP contribution in [0.25, 0.3) is 0 Å². The maximum absolute atomic E-state index is 12.9. The molecule has 0 unspecified atom stereocenters. The number of esters is 3. The molecule has 68 heavy (non-hydrogen) atoms. The summed E-state index contributed by atoms with van der Waals surface area (Å²) in [5.41, 5.74) is 0. The number of hydrogen-bond acceptors (Lipinski definition) is 6. The second kappa shape index (κ2) is 57.5. The number of hydrogen-bond donors (Lipinski definition) is 0. The van der Waals surface area contributed by atoms with Crippen molar-refractivity contribution in [1.29, 1.82) is 0 Å². The number of ether oxygens (including phenoxy) is 3. The standard InChI is InChI=1S/C62H116O6/c1-4-7-10-13-16-19-22-25-28-30-31-32-35-37-40-43-46-49-52-55-61(64)67-58-59(57-66-60(63)54-51-48-45-42-39-36-33-27-24-21-18-15-12-9-6-3)68-62(65)56-53-50-47-44-41-38-34-29-26-23-20-17-14-11-8-5-2/h18,21,27,33,59H,4-17,19-20,22-26,28-32,34-58H2,1-3H3/b21-18+,33-27+/t59-/m1/s1. The molecule has 0 bridgehead atoms. The lowest BCUT2D eigenvalue weighted by Crippen LogP contribution is -2.30. The smallest absolute Gasteiger partial charge is 0.306 e. The third kappa shape index (κ3) is 54.8. The molecule has 0 aromatic heterocycles. The molecule has 0 aliphatic heterocycles. The highest BCUT2D eigenvalue weighted by Gasteiger charge is 2.19. The maximum atomic E-state index is 12.9. The quantitative estimate of drug-likeness (QED) is 0.0262. The van der Waals surface area contributed by atoms with E-state index in [2.05, 4.69) is 45.1 Å². The van der Waals surface area contributed by atoms with Crippen LogP contribution in [0.3, 0.4) is 0 Å². The second-order valence-electron chi connectivity index (χ2n) is 20.6. The van der Waals surface area contributed by atoms with E-state index in [0.29, 0.717) is 19.3 Å². The number of allylic oxidation sites excluding steroid dienone is 4. The van der Waals surface area contributed by atoms with Crippen LogP contribution in [0.1, 0.15) is 335 Å². The normalized spacial score (nSPS) is 12.1. The molecule has 6 nitrogen and oxygen atoms in total. The number of carbonyl (C=O) groups excluding carboxylic acids is 3. The number of unbranched alkanes of at least 4 members (excludes halogenated alkanes) is 41. The predicted octanol–water partition coefficient (Wildman–Crippen LogP) is 20.3. The molecule has 0 aromatic carbocycles. The van der Waals surface area contributed by atoms with Gasteiger partial charge in [0, 0.05) is 19.3 Å². The Morgan fingerprint density at radius 2 is 0.529 bits per heavy atom. The fraction of sp³-hybridized carbons (Fsp3) is 0.887. The molecule has 1 atom stereocenters. The van der Waals surface area contributed by atoms with E-state index in [1.165, 1.54) is 218 Å². The molecule has 0 rings (SSSR count). The van der Waals surface area contributed by atoms with E-state index in [1.54, 1.807) is 0 Å². The second-order valence-corrected chi connectivity index (χ2v) is 20.6. The maximum Gasteiger partial charge on any atom is 0.306 e. The van der Waals surface area contributed by atoms with Crippen molar-refractivity contribution < 1.29 is 28.6 Å². The molecule has 0 radical (unpaired) electrons. The largest absolute Gasteiger partial charge is 0.462 e. The highest BCUT2D eigenvalue weighted by atomic mass is 16.6. The van der Waals surface area contributed by atoms with Gasteiger partial charge in [-0.2, -0.15) is 0 Å². The average Bonchev–Trinajstić information content (AvgIpc) is 3.34. The minimum absolute atomic E-state index is 0.0698. The third-order valence-corrected chi connectivity index (χ3v) is 13.7. The minimum Gasteiger partial charge on any atom is -0.462 e. The van der Waals surface area contributed by atoms with Gasteiger partial charge >= 0.3 is 17.9 Å². The SMILES string of the molecule is CCCCC/C=C/C/C=C/CCCCCCCC(=O)OC[C@H](COC(=O)CCCCCCCCCCCCCCCCCCCCC)OC(=O)CCCCCCCCCCCCCCCCCC. The molecule has 0 spiro atoms. The topological polar surface area (TPSA) is 78.9 Å². The zero-order valence-electron chi connectivity index (χ0n) is 45.9. The van der Waals surface area contributed by atoms with Crippen molar-refractivity contribution >= 4 is 17.9 Å². The van der Waals surface area contributed by atoms with Gasteiger partial charge in [0.15, 0.2) is 6.10 Å².